The first-order valence-electron chi connectivity index (χ1n) is 9.74. The first-order valence-corrected chi connectivity index (χ1v) is 10.5. The number of hydrogen-bond donors (Lipinski definition) is 1. The van der Waals surface area contributed by atoms with Crippen molar-refractivity contribution in [2.45, 2.75) is 33.6 Å². The van der Waals surface area contributed by atoms with E-state index in [4.69, 9.17) is 18.9 Å². The topological polar surface area (TPSA) is 117 Å². The van der Waals surface area contributed by atoms with Crippen molar-refractivity contribution in [3.05, 3.63) is 39.7 Å². The molecule has 0 aromatic heterocycles. The molecule has 1 unspecified atom stereocenters. The van der Waals surface area contributed by atoms with Gasteiger partial charge >= 0.3 is 17.9 Å². The Morgan fingerprint density at radius 1 is 1.03 bits per heavy atom. The number of halogens is 1. The molecule has 0 fully saturated rings. The van der Waals surface area contributed by atoms with E-state index in [-0.39, 0.29) is 37.0 Å². The lowest BCUT2D eigenvalue weighted by atomic mass is 9.78. The summed E-state index contributed by atoms with van der Waals surface area (Å²) < 4.78 is 21.8. The smallest absolute Gasteiger partial charge is 0.340 e. The highest BCUT2D eigenvalue weighted by atomic mass is 79.9. The van der Waals surface area contributed by atoms with Crippen molar-refractivity contribution in [1.29, 1.82) is 0 Å². The quantitative estimate of drug-likeness (QED) is 0.330. The molecule has 1 N–H and O–H groups in total. The Kier molecular flexibility index (Phi) is 8.61. The monoisotopic (exact) mass is 497 g/mol. The molecule has 1 atom stereocenters. The van der Waals surface area contributed by atoms with Gasteiger partial charge in [0.05, 0.1) is 19.8 Å². The molecule has 1 heterocycles. The number of nitrogens with one attached hydrogen (secondary N) is 1. The lowest BCUT2D eigenvalue weighted by molar-refractivity contribution is -0.162. The number of benzene rings is 1. The molecule has 31 heavy (non-hydrogen) atoms. The summed E-state index contributed by atoms with van der Waals surface area (Å²) >= 11 is 3.36. The summed E-state index contributed by atoms with van der Waals surface area (Å²) in [5.41, 5.74) is 0.173. The van der Waals surface area contributed by atoms with Crippen molar-refractivity contribution >= 4 is 39.7 Å². The molecule has 1 aromatic carbocycles. The Morgan fingerprint density at radius 2 is 1.61 bits per heavy atom. The summed E-state index contributed by atoms with van der Waals surface area (Å²) in [6.45, 7) is 6.09. The predicted molar refractivity (Wildman–Crippen MR) is 112 cm³/mol. The van der Waals surface area contributed by atoms with Crippen molar-refractivity contribution in [3.63, 3.8) is 0 Å². The van der Waals surface area contributed by atoms with Crippen LogP contribution >= 0.6 is 15.9 Å². The maximum absolute atomic E-state index is 12.9. The van der Waals surface area contributed by atoms with Crippen LogP contribution in [0.25, 0.3) is 0 Å². The summed E-state index contributed by atoms with van der Waals surface area (Å²) in [5, 5.41) is 2.46. The van der Waals surface area contributed by atoms with Gasteiger partial charge in [0.15, 0.2) is 5.92 Å². The highest BCUT2D eigenvalue weighted by molar-refractivity contribution is 9.10. The second kappa shape index (κ2) is 10.9. The normalized spacial score (nSPS) is 15.0. The lowest BCUT2D eigenvalue weighted by Crippen LogP contribution is -2.40. The summed E-state index contributed by atoms with van der Waals surface area (Å²) in [7, 11) is 0. The van der Waals surface area contributed by atoms with Crippen LogP contribution in [0.4, 0.5) is 0 Å². The van der Waals surface area contributed by atoms with Crippen LogP contribution in [0.2, 0.25) is 0 Å². The number of carbonyl (C=O) groups is 4. The SMILES string of the molecule is CCOC(=O)C1=C(NC(C)=O)Oc2ccc(Br)cc2C1C(C(=O)OCC)C(=O)OCC. The van der Waals surface area contributed by atoms with Gasteiger partial charge in [0.25, 0.3) is 0 Å². The van der Waals surface area contributed by atoms with E-state index in [1.165, 1.54) is 6.92 Å². The molecule has 0 aliphatic carbocycles. The molecule has 1 aliphatic heterocycles. The molecule has 2 rings (SSSR count). The average Bonchev–Trinajstić information content (AvgIpc) is 2.68. The van der Waals surface area contributed by atoms with Gasteiger partial charge in [-0.2, -0.15) is 0 Å². The Hall–Kier alpha value is -2.88. The Labute approximate surface area is 188 Å². The van der Waals surface area contributed by atoms with Crippen LogP contribution in [0.3, 0.4) is 0 Å². The van der Waals surface area contributed by atoms with Crippen molar-refractivity contribution in [3.8, 4) is 5.75 Å². The standard InChI is InChI=1S/C21H24BrNO8/c1-5-28-19(25)16-15(17(20(26)29-6-2)21(27)30-7-3)13-10-12(22)8-9-14(13)31-18(16)23-11(4)24/h8-10,15,17H,5-7H2,1-4H3,(H,23,24). The van der Waals surface area contributed by atoms with E-state index in [0.29, 0.717) is 10.0 Å². The fraction of sp³-hybridized carbons (Fsp3) is 0.429. The summed E-state index contributed by atoms with van der Waals surface area (Å²) in [6.07, 6.45) is 0. The fourth-order valence-corrected chi connectivity index (χ4v) is 3.56. The maximum Gasteiger partial charge on any atom is 0.340 e. The zero-order valence-corrected chi connectivity index (χ0v) is 19.2. The van der Waals surface area contributed by atoms with Crippen molar-refractivity contribution < 1.29 is 38.1 Å². The number of esters is 3. The van der Waals surface area contributed by atoms with E-state index >= 15 is 0 Å². The van der Waals surface area contributed by atoms with Crippen LogP contribution in [0, 0.1) is 5.92 Å². The number of hydrogen-bond acceptors (Lipinski definition) is 8. The summed E-state index contributed by atoms with van der Waals surface area (Å²) in [6, 6.07) is 4.89. The fourth-order valence-electron chi connectivity index (χ4n) is 3.18. The minimum absolute atomic E-state index is 0.0142. The van der Waals surface area contributed by atoms with Gasteiger partial charge in [0.1, 0.15) is 11.3 Å². The zero-order valence-electron chi connectivity index (χ0n) is 17.7. The number of ether oxygens (including phenoxy) is 4. The highest BCUT2D eigenvalue weighted by Gasteiger charge is 2.48. The molecule has 0 saturated carbocycles. The number of fused-ring (bicyclic) bond motifs is 1. The lowest BCUT2D eigenvalue weighted by Gasteiger charge is -2.32. The third-order valence-corrected chi connectivity index (χ3v) is 4.77. The molecule has 0 radical (unpaired) electrons. The van der Waals surface area contributed by atoms with E-state index in [1.807, 2.05) is 0 Å². The van der Waals surface area contributed by atoms with E-state index in [2.05, 4.69) is 21.2 Å². The van der Waals surface area contributed by atoms with Crippen LogP contribution < -0.4 is 10.1 Å². The minimum atomic E-state index is -1.53. The molecule has 1 amide bonds. The number of amides is 1. The van der Waals surface area contributed by atoms with Crippen molar-refractivity contribution in [2.24, 2.45) is 5.92 Å². The molecule has 0 saturated heterocycles. The van der Waals surface area contributed by atoms with Gasteiger partial charge in [-0.05, 0) is 39.0 Å². The molecule has 9 nitrogen and oxygen atoms in total. The molecule has 0 spiro atoms. The molecule has 1 aliphatic rings. The number of rotatable bonds is 8. The molecule has 1 aromatic rings. The zero-order chi connectivity index (χ0) is 23.1. The van der Waals surface area contributed by atoms with Crippen LogP contribution in [0.15, 0.2) is 34.1 Å². The van der Waals surface area contributed by atoms with Crippen molar-refractivity contribution in [1.82, 2.24) is 5.32 Å². The second-order valence-electron chi connectivity index (χ2n) is 6.39. The van der Waals surface area contributed by atoms with Gasteiger partial charge in [-0.15, -0.1) is 0 Å². The highest BCUT2D eigenvalue weighted by Crippen LogP contribution is 2.45. The molecule has 0 bridgehead atoms. The Morgan fingerprint density at radius 3 is 2.13 bits per heavy atom. The molecular weight excluding hydrogens is 474 g/mol. The van der Waals surface area contributed by atoms with E-state index in [9.17, 15) is 19.2 Å². The molecular formula is C21H24BrNO8. The average molecular weight is 498 g/mol. The largest absolute Gasteiger partial charge is 0.465 e. The summed E-state index contributed by atoms with van der Waals surface area (Å²) in [5.74, 6) is -5.78. The van der Waals surface area contributed by atoms with E-state index in [1.54, 1.807) is 39.0 Å². The predicted octanol–water partition coefficient (Wildman–Crippen LogP) is 2.58. The van der Waals surface area contributed by atoms with Crippen LogP contribution in [-0.4, -0.2) is 43.6 Å². The molecule has 10 heteroatoms. The van der Waals surface area contributed by atoms with Crippen LogP contribution in [-0.2, 0) is 33.4 Å². The third-order valence-electron chi connectivity index (χ3n) is 4.27. The Bertz CT molecular complexity index is 893. The van der Waals surface area contributed by atoms with Gasteiger partial charge in [0, 0.05) is 22.9 Å². The van der Waals surface area contributed by atoms with Crippen LogP contribution in [0.1, 0.15) is 39.2 Å². The van der Waals surface area contributed by atoms with E-state index in [0.717, 1.165) is 0 Å². The van der Waals surface area contributed by atoms with Gasteiger partial charge in [-0.25, -0.2) is 4.79 Å². The minimum Gasteiger partial charge on any atom is -0.465 e. The van der Waals surface area contributed by atoms with Gasteiger partial charge in [-0.3, -0.25) is 19.7 Å². The van der Waals surface area contributed by atoms with Crippen LogP contribution in [0.5, 0.6) is 5.75 Å². The van der Waals surface area contributed by atoms with Gasteiger partial charge in [-0.1, -0.05) is 15.9 Å². The van der Waals surface area contributed by atoms with Gasteiger partial charge < -0.3 is 18.9 Å². The number of carbonyl (C=O) groups excluding carboxylic acids is 4. The first kappa shape index (κ1) is 24.4. The second-order valence-corrected chi connectivity index (χ2v) is 7.30. The summed E-state index contributed by atoms with van der Waals surface area (Å²) in [4.78, 5) is 50.5. The van der Waals surface area contributed by atoms with Gasteiger partial charge in [0.2, 0.25) is 11.8 Å². The van der Waals surface area contributed by atoms with Crippen molar-refractivity contribution in [2.75, 3.05) is 19.8 Å². The first-order chi connectivity index (χ1) is 14.7. The molecule has 168 valence electrons. The Balaban J connectivity index is 2.80. The van der Waals surface area contributed by atoms with E-state index < -0.39 is 35.7 Å². The third kappa shape index (κ3) is 5.63. The maximum atomic E-state index is 12.9.